The molecule has 0 radical (unpaired) electrons. The summed E-state index contributed by atoms with van der Waals surface area (Å²) in [6.45, 7) is 2.05. The molecule has 5 N–H and O–H groups in total. The summed E-state index contributed by atoms with van der Waals surface area (Å²) in [6.07, 6.45) is 3.38. The number of anilines is 3. The van der Waals surface area contributed by atoms with Gasteiger partial charge in [0.1, 0.15) is 18.5 Å². The highest BCUT2D eigenvalue weighted by atomic mass is 16.6. The Bertz CT molecular complexity index is 1180. The Morgan fingerprint density at radius 1 is 1.00 bits per heavy atom. The lowest BCUT2D eigenvalue weighted by Gasteiger charge is -2.25. The number of hydrogen-bond donors (Lipinski definition) is 4. The van der Waals surface area contributed by atoms with Gasteiger partial charge in [-0.3, -0.25) is 10.1 Å². The van der Waals surface area contributed by atoms with E-state index in [-0.39, 0.29) is 25.0 Å². The maximum absolute atomic E-state index is 12.7. The van der Waals surface area contributed by atoms with Crippen LogP contribution in [0.5, 0.6) is 5.75 Å². The number of nitrogens with one attached hydrogen (secondary N) is 2. The molecule has 3 rings (SSSR count). The lowest BCUT2D eigenvalue weighted by atomic mass is 9.93. The van der Waals surface area contributed by atoms with Gasteiger partial charge < -0.3 is 25.6 Å². The summed E-state index contributed by atoms with van der Waals surface area (Å²) < 4.78 is 11.4. The van der Waals surface area contributed by atoms with Crippen molar-refractivity contribution in [2.75, 3.05) is 29.6 Å². The molecule has 0 aliphatic heterocycles. The van der Waals surface area contributed by atoms with Crippen LogP contribution in [0, 0.1) is 5.92 Å². The lowest BCUT2D eigenvalue weighted by Crippen LogP contribution is -2.22. The second kappa shape index (κ2) is 14.3. The van der Waals surface area contributed by atoms with Crippen molar-refractivity contribution < 1.29 is 24.2 Å². The van der Waals surface area contributed by atoms with Crippen molar-refractivity contribution in [1.29, 1.82) is 0 Å². The highest BCUT2D eigenvalue weighted by molar-refractivity contribution is 6.01. The van der Waals surface area contributed by atoms with Gasteiger partial charge in [0.15, 0.2) is 0 Å². The molecule has 0 fully saturated rings. The summed E-state index contributed by atoms with van der Waals surface area (Å²) in [5.41, 5.74) is 8.33. The summed E-state index contributed by atoms with van der Waals surface area (Å²) >= 11 is 0. The average molecular weight is 504 g/mol. The Morgan fingerprint density at radius 2 is 1.76 bits per heavy atom. The zero-order valence-electron chi connectivity index (χ0n) is 20.8. The maximum atomic E-state index is 12.7. The van der Waals surface area contributed by atoms with Crippen LogP contribution >= 0.6 is 0 Å². The molecule has 37 heavy (non-hydrogen) atoms. The summed E-state index contributed by atoms with van der Waals surface area (Å²) in [5, 5.41) is 14.6. The number of nitrogen functional groups attached to an aromatic ring is 1. The number of carbonyl (C=O) groups excluding carboxylic acids is 2. The fourth-order valence-electron chi connectivity index (χ4n) is 3.73. The molecule has 8 heteroatoms. The highest BCUT2D eigenvalue weighted by Gasteiger charge is 2.24. The number of benzene rings is 3. The molecule has 0 saturated heterocycles. The third kappa shape index (κ3) is 9.01. The Hall–Kier alpha value is -4.30. The molecule has 0 spiro atoms. The van der Waals surface area contributed by atoms with Gasteiger partial charge in [-0.1, -0.05) is 55.5 Å². The third-order valence-electron chi connectivity index (χ3n) is 5.59. The molecule has 2 amide bonds. The maximum Gasteiger partial charge on any atom is 0.412 e. The first-order chi connectivity index (χ1) is 18.0. The van der Waals surface area contributed by atoms with E-state index >= 15 is 0 Å². The first kappa shape index (κ1) is 27.3. The summed E-state index contributed by atoms with van der Waals surface area (Å²) in [7, 11) is 0. The highest BCUT2D eigenvalue weighted by Crippen LogP contribution is 2.32. The van der Waals surface area contributed by atoms with Crippen molar-refractivity contribution in [3.8, 4) is 5.75 Å². The van der Waals surface area contributed by atoms with E-state index in [0.29, 0.717) is 35.7 Å². The van der Waals surface area contributed by atoms with Crippen LogP contribution in [0.15, 0.2) is 91.0 Å². The van der Waals surface area contributed by atoms with Gasteiger partial charge in [-0.25, -0.2) is 4.79 Å². The van der Waals surface area contributed by atoms with E-state index in [0.717, 1.165) is 5.56 Å². The molecule has 0 bridgehead atoms. The molecule has 0 heterocycles. The van der Waals surface area contributed by atoms with Gasteiger partial charge in [0.2, 0.25) is 5.91 Å². The van der Waals surface area contributed by atoms with Crippen LogP contribution in [0.4, 0.5) is 21.9 Å². The number of nitrogens with two attached hydrogens (primary N) is 1. The predicted molar refractivity (Wildman–Crippen MR) is 145 cm³/mol. The van der Waals surface area contributed by atoms with E-state index in [1.807, 2.05) is 37.3 Å². The topological polar surface area (TPSA) is 123 Å². The van der Waals surface area contributed by atoms with Crippen molar-refractivity contribution in [3.05, 3.63) is 96.6 Å². The number of hydrogen-bond acceptors (Lipinski definition) is 6. The molecule has 2 atom stereocenters. The molecule has 0 aromatic heterocycles. The Labute approximate surface area is 217 Å². The van der Waals surface area contributed by atoms with Crippen molar-refractivity contribution in [3.63, 3.8) is 0 Å². The minimum Gasteiger partial charge on any atom is -0.491 e. The molecule has 3 aromatic carbocycles. The van der Waals surface area contributed by atoms with E-state index in [1.165, 1.54) is 6.08 Å². The fourth-order valence-corrected chi connectivity index (χ4v) is 3.73. The zero-order valence-corrected chi connectivity index (χ0v) is 20.8. The van der Waals surface area contributed by atoms with Crippen LogP contribution in [0.2, 0.25) is 0 Å². The Morgan fingerprint density at radius 3 is 2.51 bits per heavy atom. The van der Waals surface area contributed by atoms with Gasteiger partial charge in [0.05, 0.1) is 18.0 Å². The molecule has 194 valence electrons. The number of allylic oxidation sites excluding steroid dienone is 1. The molecular formula is C29H33N3O5. The van der Waals surface area contributed by atoms with Gasteiger partial charge in [0.25, 0.3) is 0 Å². The Balaban J connectivity index is 1.65. The predicted octanol–water partition coefficient (Wildman–Crippen LogP) is 5.54. The number of ether oxygens (including phenoxy) is 2. The number of rotatable bonds is 12. The number of para-hydroxylation sites is 3. The molecule has 0 saturated carbocycles. The monoisotopic (exact) mass is 503 g/mol. The minimum atomic E-state index is -0.569. The van der Waals surface area contributed by atoms with Crippen LogP contribution in [-0.2, 0) is 9.53 Å². The number of aliphatic hydroxyl groups excluding tert-OH is 1. The van der Waals surface area contributed by atoms with E-state index in [2.05, 4.69) is 10.6 Å². The quantitative estimate of drug-likeness (QED) is 0.190. The van der Waals surface area contributed by atoms with Gasteiger partial charge >= 0.3 is 6.09 Å². The molecule has 8 nitrogen and oxygen atoms in total. The molecule has 3 aromatic rings. The van der Waals surface area contributed by atoms with Gasteiger partial charge in [-0.2, -0.15) is 0 Å². The summed E-state index contributed by atoms with van der Waals surface area (Å²) in [5.74, 6) is 0.231. The van der Waals surface area contributed by atoms with Crippen molar-refractivity contribution >= 4 is 29.1 Å². The standard InChI is InChI=1S/C29H33N3O5/c1-21(10-5-8-17-27(34)32-26-16-7-6-15-25(26)30)28(22-11-9-14-24(20-22)36-19-18-33)37-29(35)31-23-12-3-2-4-13-23/h2-4,6-9,11-17,20-21,28,33H,5,10,18-19,30H2,1H3,(H,31,35)(H,32,34)/b17-8+/t21-,28+/m0/s1. The van der Waals surface area contributed by atoms with Crippen LogP contribution in [0.25, 0.3) is 0 Å². The van der Waals surface area contributed by atoms with Crippen LogP contribution in [-0.4, -0.2) is 30.3 Å². The lowest BCUT2D eigenvalue weighted by molar-refractivity contribution is -0.111. The van der Waals surface area contributed by atoms with E-state index in [9.17, 15) is 9.59 Å². The third-order valence-corrected chi connectivity index (χ3v) is 5.59. The van der Waals surface area contributed by atoms with Gasteiger partial charge in [0, 0.05) is 5.69 Å². The molecule has 0 aliphatic rings. The first-order valence-electron chi connectivity index (χ1n) is 12.1. The summed E-state index contributed by atoms with van der Waals surface area (Å²) in [6, 6.07) is 23.4. The summed E-state index contributed by atoms with van der Waals surface area (Å²) in [4.78, 5) is 24.9. The fraction of sp³-hybridized carbons (Fsp3) is 0.241. The van der Waals surface area contributed by atoms with Crippen LogP contribution in [0.3, 0.4) is 0 Å². The van der Waals surface area contributed by atoms with Crippen molar-refractivity contribution in [2.45, 2.75) is 25.9 Å². The van der Waals surface area contributed by atoms with Gasteiger partial charge in [-0.05, 0) is 66.8 Å². The largest absolute Gasteiger partial charge is 0.491 e. The second-order valence-corrected chi connectivity index (χ2v) is 8.49. The SMILES string of the molecule is C[C@@H](CC/C=C/C(=O)Nc1ccccc1N)[C@@H](OC(=O)Nc1ccccc1)c1cccc(OCCO)c1. The van der Waals surface area contributed by atoms with Gasteiger partial charge in [-0.15, -0.1) is 0 Å². The van der Waals surface area contributed by atoms with Crippen LogP contribution < -0.4 is 21.1 Å². The number of carbonyl (C=O) groups is 2. The smallest absolute Gasteiger partial charge is 0.412 e. The van der Waals surface area contributed by atoms with Crippen molar-refractivity contribution in [1.82, 2.24) is 0 Å². The number of aliphatic hydroxyl groups is 1. The van der Waals surface area contributed by atoms with Crippen molar-refractivity contribution in [2.24, 2.45) is 5.92 Å². The normalized spacial score (nSPS) is 12.5. The van der Waals surface area contributed by atoms with E-state index < -0.39 is 12.2 Å². The molecule has 0 aliphatic carbocycles. The molecular weight excluding hydrogens is 470 g/mol. The zero-order chi connectivity index (χ0) is 26.5. The molecule has 0 unspecified atom stereocenters. The minimum absolute atomic E-state index is 0.0768. The first-order valence-corrected chi connectivity index (χ1v) is 12.1. The van der Waals surface area contributed by atoms with Crippen LogP contribution in [0.1, 0.15) is 31.4 Å². The number of amides is 2. The Kier molecular flexibility index (Phi) is 10.6. The average Bonchev–Trinajstić information content (AvgIpc) is 2.90. The van der Waals surface area contributed by atoms with E-state index in [4.69, 9.17) is 20.3 Å². The van der Waals surface area contributed by atoms with E-state index in [1.54, 1.807) is 54.6 Å². The second-order valence-electron chi connectivity index (χ2n) is 8.49.